The molecule has 0 radical (unpaired) electrons. The molecule has 2 aromatic rings. The van der Waals surface area contributed by atoms with E-state index in [-0.39, 0.29) is 10.8 Å². The fourth-order valence-corrected chi connectivity index (χ4v) is 6.49. The lowest BCUT2D eigenvalue weighted by atomic mass is 9.48. The summed E-state index contributed by atoms with van der Waals surface area (Å²) in [6.07, 6.45) is 2.43. The number of halogens is 3. The van der Waals surface area contributed by atoms with Crippen molar-refractivity contribution in [1.29, 1.82) is 0 Å². The van der Waals surface area contributed by atoms with Gasteiger partial charge in [0.25, 0.3) is 0 Å². The van der Waals surface area contributed by atoms with Gasteiger partial charge in [0.05, 0.1) is 16.6 Å². The molecule has 0 saturated heterocycles. The van der Waals surface area contributed by atoms with Crippen LogP contribution in [0.5, 0.6) is 0 Å². The fourth-order valence-electron chi connectivity index (χ4n) is 6.49. The maximum absolute atomic E-state index is 13.9. The van der Waals surface area contributed by atoms with Gasteiger partial charge in [0, 0.05) is 17.7 Å². The zero-order valence-electron chi connectivity index (χ0n) is 15.2. The fraction of sp³-hybridized carbons (Fsp3) is 0.700. The number of aryl methyl sites for hydroxylation is 2. The smallest absolute Gasteiger partial charge is 0.247 e. The molecule has 0 aromatic carbocycles. The van der Waals surface area contributed by atoms with Crippen LogP contribution in [0.4, 0.5) is 13.2 Å². The highest BCUT2D eigenvalue weighted by atomic mass is 19.4. The Kier molecular flexibility index (Phi) is 3.33. The Bertz CT molecular complexity index is 845. The maximum Gasteiger partial charge on any atom is 0.417 e. The van der Waals surface area contributed by atoms with Crippen LogP contribution in [0.3, 0.4) is 0 Å². The minimum atomic E-state index is -4.38. The Morgan fingerprint density at radius 1 is 1.12 bits per heavy atom. The second-order valence-electron chi connectivity index (χ2n) is 8.85. The number of rotatable bonds is 2. The molecule has 140 valence electrons. The van der Waals surface area contributed by atoms with Crippen molar-refractivity contribution in [3.05, 3.63) is 23.0 Å². The highest BCUT2D eigenvalue weighted by Gasteiger charge is 2.53. The summed E-state index contributed by atoms with van der Waals surface area (Å²) >= 11 is 0. The van der Waals surface area contributed by atoms with Gasteiger partial charge in [-0.25, -0.2) is 9.67 Å². The van der Waals surface area contributed by atoms with Crippen LogP contribution < -0.4 is 0 Å². The molecule has 0 N–H and O–H groups in total. The van der Waals surface area contributed by atoms with E-state index in [9.17, 15) is 13.2 Å². The molecule has 0 unspecified atom stereocenters. The molecule has 4 aliphatic rings. The lowest BCUT2D eigenvalue weighted by molar-refractivity contribution is -0.136. The van der Waals surface area contributed by atoms with Crippen molar-refractivity contribution in [3.63, 3.8) is 0 Å². The van der Waals surface area contributed by atoms with Crippen LogP contribution in [-0.2, 0) is 18.1 Å². The third kappa shape index (κ3) is 2.26. The number of aromatic nitrogens is 3. The second kappa shape index (κ2) is 5.23. The van der Waals surface area contributed by atoms with Crippen molar-refractivity contribution < 1.29 is 13.2 Å². The van der Waals surface area contributed by atoms with Gasteiger partial charge in [0.15, 0.2) is 5.65 Å². The van der Waals surface area contributed by atoms with Gasteiger partial charge in [-0.15, -0.1) is 0 Å². The summed E-state index contributed by atoms with van der Waals surface area (Å²) in [5, 5.41) is 4.50. The van der Waals surface area contributed by atoms with Crippen LogP contribution in [0.25, 0.3) is 11.0 Å². The Balaban J connectivity index is 1.74. The lowest BCUT2D eigenvalue weighted by Gasteiger charge is -2.56. The first-order chi connectivity index (χ1) is 12.3. The van der Waals surface area contributed by atoms with Crippen LogP contribution in [0, 0.1) is 24.7 Å². The predicted octanol–water partition coefficient (Wildman–Crippen LogP) is 5.25. The minimum Gasteiger partial charge on any atom is -0.247 e. The standard InChI is InChI=1S/C20H24F3N3/c1-3-26-18-17(11(2)25-26)15(20(21,22)23)7-16(24-18)19-8-12-4-13(9-19)6-14(5-12)10-19/h7,12-14H,3-6,8-10H2,1-2H3. The van der Waals surface area contributed by atoms with E-state index in [1.807, 2.05) is 6.92 Å². The largest absolute Gasteiger partial charge is 0.417 e. The molecule has 2 aromatic heterocycles. The van der Waals surface area contributed by atoms with Crippen molar-refractivity contribution in [3.8, 4) is 0 Å². The van der Waals surface area contributed by atoms with Gasteiger partial charge in [-0.3, -0.25) is 0 Å². The average molecular weight is 363 g/mol. The van der Waals surface area contributed by atoms with E-state index in [0.29, 0.717) is 41.3 Å². The molecule has 0 spiro atoms. The highest BCUT2D eigenvalue weighted by Crippen LogP contribution is 2.60. The number of pyridine rings is 1. The van der Waals surface area contributed by atoms with E-state index in [1.165, 1.54) is 25.3 Å². The number of hydrogen-bond donors (Lipinski definition) is 0. The van der Waals surface area contributed by atoms with Crippen LogP contribution in [-0.4, -0.2) is 14.8 Å². The molecule has 3 nitrogen and oxygen atoms in total. The summed E-state index contributed by atoms with van der Waals surface area (Å²) < 4.78 is 43.3. The highest BCUT2D eigenvalue weighted by molar-refractivity contribution is 5.83. The lowest BCUT2D eigenvalue weighted by Crippen LogP contribution is -2.49. The third-order valence-electron chi connectivity index (χ3n) is 7.06. The molecular weight excluding hydrogens is 339 g/mol. The molecular formula is C20H24F3N3. The monoisotopic (exact) mass is 363 g/mol. The van der Waals surface area contributed by atoms with E-state index in [2.05, 4.69) is 5.10 Å². The zero-order chi connectivity index (χ0) is 18.3. The van der Waals surface area contributed by atoms with Crippen LogP contribution in [0.1, 0.15) is 62.4 Å². The van der Waals surface area contributed by atoms with E-state index in [0.717, 1.165) is 19.3 Å². The van der Waals surface area contributed by atoms with Crippen LogP contribution >= 0.6 is 0 Å². The molecule has 26 heavy (non-hydrogen) atoms. The number of nitrogens with zero attached hydrogens (tertiary/aromatic N) is 3. The minimum absolute atomic E-state index is 0.153. The molecule has 0 aliphatic heterocycles. The van der Waals surface area contributed by atoms with Gasteiger partial charge in [-0.05, 0) is 76.2 Å². The van der Waals surface area contributed by atoms with Crippen molar-refractivity contribution in [2.75, 3.05) is 0 Å². The number of fused-ring (bicyclic) bond motifs is 1. The van der Waals surface area contributed by atoms with Crippen molar-refractivity contribution in [2.24, 2.45) is 17.8 Å². The molecule has 4 saturated carbocycles. The maximum atomic E-state index is 13.9. The quantitative estimate of drug-likeness (QED) is 0.730. The van der Waals surface area contributed by atoms with Gasteiger partial charge >= 0.3 is 6.18 Å². The van der Waals surface area contributed by atoms with E-state index < -0.39 is 11.7 Å². The Hall–Kier alpha value is -1.59. The topological polar surface area (TPSA) is 30.7 Å². The predicted molar refractivity (Wildman–Crippen MR) is 92.8 cm³/mol. The molecule has 6 rings (SSSR count). The second-order valence-corrected chi connectivity index (χ2v) is 8.85. The molecule has 0 atom stereocenters. The van der Waals surface area contributed by atoms with Crippen LogP contribution in [0.2, 0.25) is 0 Å². The van der Waals surface area contributed by atoms with Gasteiger partial charge < -0.3 is 0 Å². The molecule has 0 amide bonds. The van der Waals surface area contributed by atoms with E-state index in [4.69, 9.17) is 4.98 Å². The summed E-state index contributed by atoms with van der Waals surface area (Å²) in [7, 11) is 0. The summed E-state index contributed by atoms with van der Waals surface area (Å²) in [6, 6.07) is 1.37. The Labute approximate surface area is 151 Å². The van der Waals surface area contributed by atoms with E-state index >= 15 is 0 Å². The molecule has 2 heterocycles. The Morgan fingerprint density at radius 3 is 2.19 bits per heavy atom. The normalized spacial score (nSPS) is 33.3. The Morgan fingerprint density at radius 2 is 1.69 bits per heavy atom. The van der Waals surface area contributed by atoms with Crippen molar-refractivity contribution in [1.82, 2.24) is 14.8 Å². The van der Waals surface area contributed by atoms with Crippen LogP contribution in [0.15, 0.2) is 6.07 Å². The van der Waals surface area contributed by atoms with E-state index in [1.54, 1.807) is 11.6 Å². The summed E-state index contributed by atoms with van der Waals surface area (Å²) in [6.45, 7) is 4.08. The molecule has 6 heteroatoms. The average Bonchev–Trinajstić information content (AvgIpc) is 2.88. The van der Waals surface area contributed by atoms with Crippen molar-refractivity contribution >= 4 is 11.0 Å². The summed E-state index contributed by atoms with van der Waals surface area (Å²) in [5.41, 5.74) is 0.792. The van der Waals surface area contributed by atoms with Gasteiger partial charge in [-0.2, -0.15) is 18.3 Å². The first-order valence-electron chi connectivity index (χ1n) is 9.75. The zero-order valence-corrected chi connectivity index (χ0v) is 15.2. The van der Waals surface area contributed by atoms with Gasteiger partial charge in [0.1, 0.15) is 0 Å². The first-order valence-corrected chi connectivity index (χ1v) is 9.75. The molecule has 4 bridgehead atoms. The van der Waals surface area contributed by atoms with Gasteiger partial charge in [-0.1, -0.05) is 0 Å². The van der Waals surface area contributed by atoms with Crippen molar-refractivity contribution in [2.45, 2.75) is 70.5 Å². The number of hydrogen-bond acceptors (Lipinski definition) is 2. The summed E-state index contributed by atoms with van der Waals surface area (Å²) in [5.74, 6) is 2.02. The third-order valence-corrected chi connectivity index (χ3v) is 7.06. The summed E-state index contributed by atoms with van der Waals surface area (Å²) in [4.78, 5) is 4.83. The molecule has 4 aliphatic carbocycles. The van der Waals surface area contributed by atoms with Gasteiger partial charge in [0.2, 0.25) is 0 Å². The first kappa shape index (κ1) is 16.6. The SMILES string of the molecule is CCn1nc(C)c2c(C(F)(F)F)cc(C34CC5CC(CC(C5)C3)C4)nc21. The number of alkyl halides is 3. The molecule has 4 fully saturated rings.